The van der Waals surface area contributed by atoms with Gasteiger partial charge in [0.2, 0.25) is 0 Å². The van der Waals surface area contributed by atoms with Crippen LogP contribution in [0.1, 0.15) is 10.4 Å². The number of halogens is 1. The lowest BCUT2D eigenvalue weighted by molar-refractivity contribution is -0.384. The first kappa shape index (κ1) is 16.6. The van der Waals surface area contributed by atoms with Crippen molar-refractivity contribution in [2.45, 2.75) is 0 Å². The summed E-state index contributed by atoms with van der Waals surface area (Å²) in [7, 11) is 2.96. The number of amides is 1. The van der Waals surface area contributed by atoms with Gasteiger partial charge >= 0.3 is 0 Å². The molecule has 2 rings (SSSR count). The normalized spacial score (nSPS) is 10.0. The highest BCUT2D eigenvalue weighted by molar-refractivity contribution is 6.32. The van der Waals surface area contributed by atoms with Crippen molar-refractivity contribution >= 4 is 28.9 Å². The Morgan fingerprint density at radius 2 is 1.91 bits per heavy atom. The van der Waals surface area contributed by atoms with Crippen molar-refractivity contribution in [3.63, 3.8) is 0 Å². The Morgan fingerprint density at radius 1 is 1.17 bits per heavy atom. The van der Waals surface area contributed by atoms with Gasteiger partial charge in [-0.2, -0.15) is 0 Å². The molecule has 0 saturated carbocycles. The van der Waals surface area contributed by atoms with E-state index in [1.807, 2.05) is 0 Å². The second kappa shape index (κ2) is 6.97. The number of benzene rings is 2. The molecule has 2 aromatic carbocycles. The van der Waals surface area contributed by atoms with Gasteiger partial charge in [0.25, 0.3) is 11.6 Å². The SMILES string of the molecule is COc1ccc(OC)c(NC(=O)c2ccc(Cl)c([N+](=O)[O-])c2)c1. The lowest BCUT2D eigenvalue weighted by atomic mass is 10.1. The van der Waals surface area contributed by atoms with E-state index in [4.69, 9.17) is 21.1 Å². The van der Waals surface area contributed by atoms with Gasteiger partial charge in [-0.25, -0.2) is 0 Å². The van der Waals surface area contributed by atoms with Crippen LogP contribution in [0.25, 0.3) is 0 Å². The Labute approximate surface area is 136 Å². The molecule has 0 saturated heterocycles. The van der Waals surface area contributed by atoms with Crippen molar-refractivity contribution < 1.29 is 19.2 Å². The number of carbonyl (C=O) groups excluding carboxylic acids is 1. The zero-order valence-electron chi connectivity index (χ0n) is 12.3. The van der Waals surface area contributed by atoms with Crippen LogP contribution in [-0.4, -0.2) is 25.1 Å². The summed E-state index contributed by atoms with van der Waals surface area (Å²) in [5, 5.41) is 13.5. The minimum atomic E-state index is -0.648. The van der Waals surface area contributed by atoms with E-state index in [9.17, 15) is 14.9 Å². The highest BCUT2D eigenvalue weighted by Gasteiger charge is 2.17. The second-order valence-corrected chi connectivity index (χ2v) is 4.85. The highest BCUT2D eigenvalue weighted by atomic mass is 35.5. The number of hydrogen-bond acceptors (Lipinski definition) is 5. The van der Waals surface area contributed by atoms with E-state index in [-0.39, 0.29) is 16.3 Å². The molecule has 8 heteroatoms. The van der Waals surface area contributed by atoms with Crippen molar-refractivity contribution in [1.29, 1.82) is 0 Å². The average molecular weight is 337 g/mol. The topological polar surface area (TPSA) is 90.7 Å². The van der Waals surface area contributed by atoms with Gasteiger partial charge in [-0.05, 0) is 24.3 Å². The predicted octanol–water partition coefficient (Wildman–Crippen LogP) is 3.52. The second-order valence-electron chi connectivity index (χ2n) is 4.44. The highest BCUT2D eigenvalue weighted by Crippen LogP contribution is 2.30. The maximum atomic E-state index is 12.3. The standard InChI is InChI=1S/C15H13ClN2O5/c1-22-10-4-6-14(23-2)12(8-10)17-15(19)9-3-5-11(16)13(7-9)18(20)21/h3-8H,1-2H3,(H,17,19). The quantitative estimate of drug-likeness (QED) is 0.666. The zero-order chi connectivity index (χ0) is 17.0. The molecule has 0 bridgehead atoms. The van der Waals surface area contributed by atoms with E-state index < -0.39 is 10.8 Å². The van der Waals surface area contributed by atoms with Crippen LogP contribution >= 0.6 is 11.6 Å². The molecule has 7 nitrogen and oxygen atoms in total. The predicted molar refractivity (Wildman–Crippen MR) is 85.6 cm³/mol. The number of anilines is 1. The lowest BCUT2D eigenvalue weighted by Gasteiger charge is -2.11. The van der Waals surface area contributed by atoms with Crippen LogP contribution in [0.4, 0.5) is 11.4 Å². The fraction of sp³-hybridized carbons (Fsp3) is 0.133. The number of nitro benzene ring substituents is 1. The fourth-order valence-electron chi connectivity index (χ4n) is 1.90. The van der Waals surface area contributed by atoms with E-state index >= 15 is 0 Å². The van der Waals surface area contributed by atoms with Gasteiger partial charge in [0, 0.05) is 17.7 Å². The Balaban J connectivity index is 2.32. The molecule has 0 radical (unpaired) electrons. The molecule has 0 heterocycles. The first-order valence-electron chi connectivity index (χ1n) is 6.43. The molecule has 0 fully saturated rings. The summed E-state index contributed by atoms with van der Waals surface area (Å²) in [5.74, 6) is 0.433. The van der Waals surface area contributed by atoms with E-state index in [0.29, 0.717) is 17.2 Å². The van der Waals surface area contributed by atoms with Crippen LogP contribution < -0.4 is 14.8 Å². The van der Waals surface area contributed by atoms with Crippen LogP contribution in [0.5, 0.6) is 11.5 Å². The number of rotatable bonds is 5. The maximum absolute atomic E-state index is 12.3. The Bertz CT molecular complexity index is 764. The molecule has 0 spiro atoms. The summed E-state index contributed by atoms with van der Waals surface area (Å²) in [6.45, 7) is 0. The zero-order valence-corrected chi connectivity index (χ0v) is 13.1. The third-order valence-corrected chi connectivity index (χ3v) is 3.38. The molecular weight excluding hydrogens is 324 g/mol. The molecule has 0 aliphatic heterocycles. The van der Waals surface area contributed by atoms with Gasteiger partial charge in [-0.15, -0.1) is 0 Å². The van der Waals surface area contributed by atoms with Crippen LogP contribution in [0.15, 0.2) is 36.4 Å². The van der Waals surface area contributed by atoms with Crippen molar-refractivity contribution in [1.82, 2.24) is 0 Å². The molecule has 0 aliphatic carbocycles. The van der Waals surface area contributed by atoms with Gasteiger partial charge in [0.05, 0.1) is 24.8 Å². The number of ether oxygens (including phenoxy) is 2. The van der Waals surface area contributed by atoms with E-state index in [1.54, 1.807) is 18.2 Å². The molecule has 0 aromatic heterocycles. The van der Waals surface area contributed by atoms with Crippen LogP contribution in [-0.2, 0) is 0 Å². The summed E-state index contributed by atoms with van der Waals surface area (Å²) in [4.78, 5) is 22.5. The summed E-state index contributed by atoms with van der Waals surface area (Å²) in [6.07, 6.45) is 0. The number of nitrogens with one attached hydrogen (secondary N) is 1. The minimum absolute atomic E-state index is 0.0366. The average Bonchev–Trinajstić information content (AvgIpc) is 2.54. The van der Waals surface area contributed by atoms with E-state index in [0.717, 1.165) is 6.07 Å². The van der Waals surface area contributed by atoms with Crippen molar-refractivity contribution in [3.8, 4) is 11.5 Å². The third-order valence-electron chi connectivity index (χ3n) is 3.06. The van der Waals surface area contributed by atoms with Crippen LogP contribution in [0.2, 0.25) is 5.02 Å². The smallest absolute Gasteiger partial charge is 0.288 e. The van der Waals surface area contributed by atoms with E-state index in [2.05, 4.69) is 5.32 Å². The lowest BCUT2D eigenvalue weighted by Crippen LogP contribution is -2.13. The molecule has 0 aliphatic rings. The maximum Gasteiger partial charge on any atom is 0.288 e. The Morgan fingerprint density at radius 3 is 2.52 bits per heavy atom. The number of methoxy groups -OCH3 is 2. The van der Waals surface area contributed by atoms with Gasteiger partial charge in [-0.3, -0.25) is 14.9 Å². The van der Waals surface area contributed by atoms with Gasteiger partial charge in [-0.1, -0.05) is 11.6 Å². The summed E-state index contributed by atoms with van der Waals surface area (Å²) < 4.78 is 10.3. The fourth-order valence-corrected chi connectivity index (χ4v) is 2.09. The molecule has 23 heavy (non-hydrogen) atoms. The molecule has 1 N–H and O–H groups in total. The minimum Gasteiger partial charge on any atom is -0.497 e. The molecule has 2 aromatic rings. The van der Waals surface area contributed by atoms with Crippen molar-refractivity contribution in [2.24, 2.45) is 0 Å². The first-order valence-corrected chi connectivity index (χ1v) is 6.81. The number of hydrogen-bond donors (Lipinski definition) is 1. The third kappa shape index (κ3) is 3.70. The van der Waals surface area contributed by atoms with Crippen molar-refractivity contribution in [3.05, 3.63) is 57.1 Å². The molecule has 0 atom stereocenters. The monoisotopic (exact) mass is 336 g/mol. The molecule has 0 unspecified atom stereocenters. The molecule has 120 valence electrons. The van der Waals surface area contributed by atoms with Gasteiger partial charge in [0.15, 0.2) is 0 Å². The summed E-state index contributed by atoms with van der Waals surface area (Å²) >= 11 is 5.73. The van der Waals surface area contributed by atoms with Crippen LogP contribution in [0.3, 0.4) is 0 Å². The van der Waals surface area contributed by atoms with Gasteiger partial charge < -0.3 is 14.8 Å². The number of carbonyl (C=O) groups is 1. The summed E-state index contributed by atoms with van der Waals surface area (Å²) in [5.41, 5.74) is 0.150. The summed E-state index contributed by atoms with van der Waals surface area (Å²) in [6, 6.07) is 8.72. The van der Waals surface area contributed by atoms with Gasteiger partial charge in [0.1, 0.15) is 16.5 Å². The Hall–Kier alpha value is -2.80. The van der Waals surface area contributed by atoms with E-state index in [1.165, 1.54) is 26.4 Å². The first-order chi connectivity index (χ1) is 11.0. The number of nitrogens with zero attached hydrogens (tertiary/aromatic N) is 1. The van der Waals surface area contributed by atoms with Crippen molar-refractivity contribution in [2.75, 3.05) is 19.5 Å². The number of nitro groups is 1. The Kier molecular flexibility index (Phi) is 5.02. The van der Waals surface area contributed by atoms with Crippen LogP contribution in [0, 0.1) is 10.1 Å². The molecule has 1 amide bonds. The molecular formula is C15H13ClN2O5. The largest absolute Gasteiger partial charge is 0.497 e.